The van der Waals surface area contributed by atoms with Gasteiger partial charge in [-0.15, -0.1) is 11.3 Å². The molecule has 0 atom stereocenters. The van der Waals surface area contributed by atoms with Gasteiger partial charge in [0.15, 0.2) is 0 Å². The number of hydrogen-bond donors (Lipinski definition) is 2. The minimum Gasteiger partial charge on any atom is -0.378 e. The van der Waals surface area contributed by atoms with Gasteiger partial charge in [0.1, 0.15) is 10.7 Å². The molecule has 2 aromatic heterocycles. The third-order valence-corrected chi connectivity index (χ3v) is 7.92. The van der Waals surface area contributed by atoms with Gasteiger partial charge >= 0.3 is 0 Å². The van der Waals surface area contributed by atoms with Crippen molar-refractivity contribution in [2.45, 2.75) is 20.4 Å². The molecular weight excluding hydrogens is 464 g/mol. The van der Waals surface area contributed by atoms with Crippen molar-refractivity contribution >= 4 is 38.8 Å². The molecule has 186 valence electrons. The second-order valence-electron chi connectivity index (χ2n) is 9.22. The average molecular weight is 497 g/mol. The number of aromatic amines is 1. The summed E-state index contributed by atoms with van der Waals surface area (Å²) in [6.07, 6.45) is 0. The first kappa shape index (κ1) is 23.9. The Kier molecular flexibility index (Phi) is 7.14. The molecule has 2 N–H and O–H groups in total. The van der Waals surface area contributed by atoms with E-state index < -0.39 is 0 Å². The number of rotatable bonds is 6. The van der Waals surface area contributed by atoms with Gasteiger partial charge < -0.3 is 19.9 Å². The van der Waals surface area contributed by atoms with Gasteiger partial charge in [-0.25, -0.2) is 4.98 Å². The molecule has 1 aromatic carbocycles. The number of aryl methyl sites for hydroxylation is 2. The fourth-order valence-electron chi connectivity index (χ4n) is 4.67. The lowest BCUT2D eigenvalue weighted by molar-refractivity contribution is -0.117. The highest BCUT2D eigenvalue weighted by atomic mass is 32.1. The minimum atomic E-state index is -0.0554. The van der Waals surface area contributed by atoms with Crippen LogP contribution in [0.1, 0.15) is 16.3 Å². The van der Waals surface area contributed by atoms with Crippen LogP contribution in [0.25, 0.3) is 10.2 Å². The van der Waals surface area contributed by atoms with Crippen molar-refractivity contribution in [3.8, 4) is 0 Å². The number of hydrogen-bond acceptors (Lipinski definition) is 8. The lowest BCUT2D eigenvalue weighted by atomic mass is 10.2. The van der Waals surface area contributed by atoms with Crippen LogP contribution in [0.5, 0.6) is 0 Å². The van der Waals surface area contributed by atoms with E-state index in [4.69, 9.17) is 9.72 Å². The largest absolute Gasteiger partial charge is 0.378 e. The first-order valence-electron chi connectivity index (χ1n) is 12.1. The lowest BCUT2D eigenvalue weighted by Crippen LogP contribution is -2.48. The number of ether oxygens (including phenoxy) is 1. The number of amides is 1. The molecule has 9 nitrogen and oxygen atoms in total. The summed E-state index contributed by atoms with van der Waals surface area (Å²) in [4.78, 5) is 41.5. The van der Waals surface area contributed by atoms with Gasteiger partial charge in [-0.3, -0.25) is 19.4 Å². The van der Waals surface area contributed by atoms with E-state index in [9.17, 15) is 9.59 Å². The summed E-state index contributed by atoms with van der Waals surface area (Å²) in [6.45, 7) is 11.5. The van der Waals surface area contributed by atoms with Crippen LogP contribution in [0.15, 0.2) is 29.1 Å². The van der Waals surface area contributed by atoms with Gasteiger partial charge in [-0.1, -0.05) is 0 Å². The van der Waals surface area contributed by atoms with E-state index >= 15 is 0 Å². The monoisotopic (exact) mass is 496 g/mol. The third kappa shape index (κ3) is 5.56. The molecular formula is C25H32N6O3S. The van der Waals surface area contributed by atoms with Crippen LogP contribution in [0.3, 0.4) is 0 Å². The van der Waals surface area contributed by atoms with Gasteiger partial charge in [0.05, 0.1) is 31.7 Å². The molecule has 0 spiro atoms. The number of carbonyl (C=O) groups excluding carboxylic acids is 1. The van der Waals surface area contributed by atoms with Crippen LogP contribution in [0.4, 0.5) is 11.4 Å². The number of nitrogens with one attached hydrogen (secondary N) is 2. The zero-order chi connectivity index (χ0) is 24.4. The molecule has 2 saturated heterocycles. The molecule has 3 aromatic rings. The Balaban J connectivity index is 1.10. The number of aromatic nitrogens is 2. The molecule has 0 bridgehead atoms. The quantitative estimate of drug-likeness (QED) is 0.540. The molecule has 5 rings (SSSR count). The Morgan fingerprint density at radius 1 is 1.06 bits per heavy atom. The molecule has 4 heterocycles. The maximum Gasteiger partial charge on any atom is 0.259 e. The molecule has 35 heavy (non-hydrogen) atoms. The lowest BCUT2D eigenvalue weighted by Gasteiger charge is -2.33. The second kappa shape index (κ2) is 10.4. The molecule has 10 heteroatoms. The Bertz CT molecular complexity index is 1240. The maximum atomic E-state index is 12.6. The van der Waals surface area contributed by atoms with Gasteiger partial charge in [0.25, 0.3) is 5.56 Å². The van der Waals surface area contributed by atoms with E-state index in [2.05, 4.69) is 25.0 Å². The maximum absolute atomic E-state index is 12.6. The number of carbonyl (C=O) groups is 1. The highest BCUT2D eigenvalue weighted by Crippen LogP contribution is 2.26. The van der Waals surface area contributed by atoms with Gasteiger partial charge in [-0.2, -0.15) is 0 Å². The number of anilines is 2. The fraction of sp³-hybridized carbons (Fsp3) is 0.480. The summed E-state index contributed by atoms with van der Waals surface area (Å²) in [5.74, 6) is 0.702. The summed E-state index contributed by atoms with van der Waals surface area (Å²) in [5.41, 5.74) is 2.93. The zero-order valence-electron chi connectivity index (χ0n) is 20.3. The van der Waals surface area contributed by atoms with Crippen LogP contribution in [0, 0.1) is 13.8 Å². The van der Waals surface area contributed by atoms with Crippen molar-refractivity contribution < 1.29 is 9.53 Å². The van der Waals surface area contributed by atoms with Crippen LogP contribution in [-0.4, -0.2) is 84.7 Å². The number of piperazine rings is 1. The predicted octanol–water partition coefficient (Wildman–Crippen LogP) is 2.19. The number of fused-ring (bicyclic) bond motifs is 1. The third-order valence-electron chi connectivity index (χ3n) is 6.82. The Morgan fingerprint density at radius 3 is 2.46 bits per heavy atom. The number of H-pyrrole nitrogens is 1. The summed E-state index contributed by atoms with van der Waals surface area (Å²) >= 11 is 1.58. The van der Waals surface area contributed by atoms with E-state index in [0.717, 1.165) is 79.1 Å². The van der Waals surface area contributed by atoms with Crippen LogP contribution < -0.4 is 15.8 Å². The van der Waals surface area contributed by atoms with Gasteiger partial charge in [-0.05, 0) is 43.7 Å². The summed E-state index contributed by atoms with van der Waals surface area (Å²) < 4.78 is 5.41. The highest BCUT2D eigenvalue weighted by molar-refractivity contribution is 7.18. The Labute approximate surface area is 208 Å². The SMILES string of the molecule is Cc1sc2nc(CN3CCN(CC(=O)Nc4ccc(N5CCOCC5)cc4)CC3)[nH]c(=O)c2c1C. The predicted molar refractivity (Wildman–Crippen MR) is 140 cm³/mol. The zero-order valence-corrected chi connectivity index (χ0v) is 21.1. The van der Waals surface area contributed by atoms with Crippen LogP contribution in [-0.2, 0) is 16.1 Å². The first-order valence-corrected chi connectivity index (χ1v) is 12.9. The molecule has 0 unspecified atom stereocenters. The number of thiophene rings is 1. The minimum absolute atomic E-state index is 0.00236. The standard InChI is InChI=1S/C25H32N6O3S/c1-17-18(2)35-25-23(17)24(33)27-21(28-25)15-29-7-9-30(10-8-29)16-22(32)26-19-3-5-20(6-4-19)31-11-13-34-14-12-31/h3-6H,7-16H2,1-2H3,(H,26,32)(H,27,28,33). The molecule has 2 aliphatic rings. The van der Waals surface area contributed by atoms with Crippen LogP contribution >= 0.6 is 11.3 Å². The molecule has 0 radical (unpaired) electrons. The fourth-order valence-corrected chi connectivity index (χ4v) is 5.72. The van der Waals surface area contributed by atoms with Crippen molar-refractivity contribution in [2.75, 3.05) is 69.2 Å². The normalized spacial score (nSPS) is 17.7. The highest BCUT2D eigenvalue weighted by Gasteiger charge is 2.21. The molecule has 0 aliphatic carbocycles. The van der Waals surface area contributed by atoms with Crippen molar-refractivity contribution in [1.82, 2.24) is 19.8 Å². The number of morpholine rings is 1. The van der Waals surface area contributed by atoms with Crippen molar-refractivity contribution in [1.29, 1.82) is 0 Å². The van der Waals surface area contributed by atoms with Gasteiger partial charge in [0, 0.05) is 55.5 Å². The van der Waals surface area contributed by atoms with Crippen molar-refractivity contribution in [3.63, 3.8) is 0 Å². The van der Waals surface area contributed by atoms with Crippen molar-refractivity contribution in [3.05, 3.63) is 50.9 Å². The first-order chi connectivity index (χ1) is 17.0. The topological polar surface area (TPSA) is 93.8 Å². The van der Waals surface area contributed by atoms with E-state index in [1.807, 2.05) is 38.1 Å². The number of nitrogens with zero attached hydrogens (tertiary/aromatic N) is 4. The Morgan fingerprint density at radius 2 is 1.74 bits per heavy atom. The second-order valence-corrected chi connectivity index (χ2v) is 10.4. The van der Waals surface area contributed by atoms with E-state index in [1.165, 1.54) is 0 Å². The summed E-state index contributed by atoms with van der Waals surface area (Å²) in [5, 5.41) is 3.73. The molecule has 0 saturated carbocycles. The number of benzene rings is 1. The van der Waals surface area contributed by atoms with E-state index in [0.29, 0.717) is 24.3 Å². The van der Waals surface area contributed by atoms with Crippen molar-refractivity contribution in [2.24, 2.45) is 0 Å². The van der Waals surface area contributed by atoms with E-state index in [-0.39, 0.29) is 11.5 Å². The smallest absolute Gasteiger partial charge is 0.259 e. The van der Waals surface area contributed by atoms with Crippen LogP contribution in [0.2, 0.25) is 0 Å². The molecule has 2 fully saturated rings. The van der Waals surface area contributed by atoms with E-state index in [1.54, 1.807) is 11.3 Å². The van der Waals surface area contributed by atoms with Gasteiger partial charge in [0.2, 0.25) is 5.91 Å². The summed E-state index contributed by atoms with van der Waals surface area (Å²) in [6, 6.07) is 8.02. The average Bonchev–Trinajstić information content (AvgIpc) is 3.15. The molecule has 1 amide bonds. The summed E-state index contributed by atoms with van der Waals surface area (Å²) in [7, 11) is 0. The molecule has 2 aliphatic heterocycles. The Hall–Kier alpha value is -2.79.